The van der Waals surface area contributed by atoms with Crippen molar-refractivity contribution in [2.45, 2.75) is 39.2 Å². The van der Waals surface area contributed by atoms with Gasteiger partial charge in [-0.1, -0.05) is 24.6 Å². The quantitative estimate of drug-likeness (QED) is 0.715. The zero-order valence-corrected chi connectivity index (χ0v) is 11.6. The third-order valence-electron chi connectivity index (χ3n) is 3.01. The first kappa shape index (κ1) is 15.1. The van der Waals surface area contributed by atoms with Crippen LogP contribution in [-0.2, 0) is 4.74 Å². The van der Waals surface area contributed by atoms with Crippen LogP contribution in [0.15, 0.2) is 18.2 Å². The minimum atomic E-state index is -0.119. The first-order valence-electron chi connectivity index (χ1n) is 6.67. The molecule has 0 saturated heterocycles. The monoisotopic (exact) mass is 253 g/mol. The van der Waals surface area contributed by atoms with Crippen LogP contribution in [0.25, 0.3) is 0 Å². The molecular weight excluding hydrogens is 229 g/mol. The van der Waals surface area contributed by atoms with Gasteiger partial charge in [0.25, 0.3) is 0 Å². The van der Waals surface area contributed by atoms with Crippen molar-refractivity contribution in [1.29, 1.82) is 0 Å². The molecule has 3 heteroatoms. The maximum Gasteiger partial charge on any atom is 0.127 e. The van der Waals surface area contributed by atoms with Gasteiger partial charge >= 0.3 is 0 Å². The molecule has 0 fully saturated rings. The highest BCUT2D eigenvalue weighted by Crippen LogP contribution is 2.22. The van der Waals surface area contributed by atoms with Crippen molar-refractivity contribution in [3.05, 3.63) is 35.1 Å². The number of hydrogen-bond acceptors (Lipinski definition) is 2. The van der Waals surface area contributed by atoms with Gasteiger partial charge in [0, 0.05) is 25.3 Å². The molecule has 0 aromatic heterocycles. The van der Waals surface area contributed by atoms with Crippen LogP contribution in [0.1, 0.15) is 43.4 Å². The third-order valence-corrected chi connectivity index (χ3v) is 3.01. The Balaban J connectivity index is 2.75. The molecule has 0 aliphatic carbocycles. The summed E-state index contributed by atoms with van der Waals surface area (Å²) in [7, 11) is 1.70. The molecule has 1 atom stereocenters. The fourth-order valence-corrected chi connectivity index (χ4v) is 2.05. The predicted octanol–water partition coefficient (Wildman–Crippen LogP) is 3.60. The van der Waals surface area contributed by atoms with Gasteiger partial charge in [-0.2, -0.15) is 0 Å². The zero-order valence-electron chi connectivity index (χ0n) is 11.6. The van der Waals surface area contributed by atoms with Crippen LogP contribution in [-0.4, -0.2) is 20.3 Å². The van der Waals surface area contributed by atoms with Gasteiger partial charge in [0.05, 0.1) is 0 Å². The van der Waals surface area contributed by atoms with Gasteiger partial charge in [-0.25, -0.2) is 4.39 Å². The fraction of sp³-hybridized carbons (Fsp3) is 0.600. The smallest absolute Gasteiger partial charge is 0.127 e. The summed E-state index contributed by atoms with van der Waals surface area (Å²) in [6, 6.07) is 5.39. The molecule has 0 spiro atoms. The Hall–Kier alpha value is -0.930. The Labute approximate surface area is 110 Å². The van der Waals surface area contributed by atoms with Gasteiger partial charge in [0.1, 0.15) is 5.82 Å². The van der Waals surface area contributed by atoms with E-state index in [0.717, 1.165) is 43.5 Å². The lowest BCUT2D eigenvalue weighted by atomic mass is 9.99. The summed E-state index contributed by atoms with van der Waals surface area (Å²) in [5.41, 5.74) is 1.88. The lowest BCUT2D eigenvalue weighted by Gasteiger charge is -2.20. The lowest BCUT2D eigenvalue weighted by Crippen LogP contribution is -2.23. The van der Waals surface area contributed by atoms with E-state index in [1.807, 2.05) is 19.1 Å². The first-order chi connectivity index (χ1) is 8.69. The number of halogens is 1. The summed E-state index contributed by atoms with van der Waals surface area (Å²) in [6.07, 6.45) is 2.88. The van der Waals surface area contributed by atoms with Crippen molar-refractivity contribution >= 4 is 0 Å². The Morgan fingerprint density at radius 2 is 2.17 bits per heavy atom. The summed E-state index contributed by atoms with van der Waals surface area (Å²) in [5.74, 6) is -0.119. The number of aryl methyl sites for hydroxylation is 1. The molecule has 1 rings (SSSR count). The molecule has 0 aliphatic rings. The SMILES string of the molecule is CCCNC(CCCOC)c1cc(C)ccc1F. The minimum absolute atomic E-state index is 0.0833. The number of hydrogen-bond donors (Lipinski definition) is 1. The van der Waals surface area contributed by atoms with Crippen LogP contribution in [0, 0.1) is 12.7 Å². The highest BCUT2D eigenvalue weighted by atomic mass is 19.1. The minimum Gasteiger partial charge on any atom is -0.385 e. The van der Waals surface area contributed by atoms with E-state index in [2.05, 4.69) is 12.2 Å². The van der Waals surface area contributed by atoms with Gasteiger partial charge in [-0.3, -0.25) is 0 Å². The Bertz CT molecular complexity index is 354. The van der Waals surface area contributed by atoms with Crippen LogP contribution in [0.4, 0.5) is 4.39 Å². The fourth-order valence-electron chi connectivity index (χ4n) is 2.05. The molecule has 102 valence electrons. The van der Waals surface area contributed by atoms with E-state index in [9.17, 15) is 4.39 Å². The molecule has 0 bridgehead atoms. The highest BCUT2D eigenvalue weighted by molar-refractivity contribution is 5.26. The van der Waals surface area contributed by atoms with E-state index in [0.29, 0.717) is 0 Å². The maximum atomic E-state index is 13.9. The highest BCUT2D eigenvalue weighted by Gasteiger charge is 2.14. The maximum absolute atomic E-state index is 13.9. The molecule has 0 saturated carbocycles. The topological polar surface area (TPSA) is 21.3 Å². The van der Waals surface area contributed by atoms with E-state index in [4.69, 9.17) is 4.74 Å². The molecule has 0 heterocycles. The standard InChI is InChI=1S/C15H24FNO/c1-4-9-17-15(6-5-10-18-3)13-11-12(2)7-8-14(13)16/h7-8,11,15,17H,4-6,9-10H2,1-3H3. The van der Waals surface area contributed by atoms with Crippen molar-refractivity contribution in [1.82, 2.24) is 5.32 Å². The summed E-state index contributed by atoms with van der Waals surface area (Å²) < 4.78 is 18.9. The number of rotatable bonds is 8. The Kier molecular flexibility index (Phi) is 6.91. The molecule has 0 radical (unpaired) electrons. The summed E-state index contributed by atoms with van der Waals surface area (Å²) in [6.45, 7) is 5.74. The molecule has 1 N–H and O–H groups in total. The summed E-state index contributed by atoms with van der Waals surface area (Å²) >= 11 is 0. The van der Waals surface area contributed by atoms with E-state index in [-0.39, 0.29) is 11.9 Å². The first-order valence-corrected chi connectivity index (χ1v) is 6.67. The second-order valence-electron chi connectivity index (χ2n) is 4.67. The molecule has 1 aromatic rings. The molecule has 1 aromatic carbocycles. The van der Waals surface area contributed by atoms with Crippen molar-refractivity contribution in [3.8, 4) is 0 Å². The van der Waals surface area contributed by atoms with Gasteiger partial charge in [0.15, 0.2) is 0 Å². The van der Waals surface area contributed by atoms with E-state index >= 15 is 0 Å². The number of ether oxygens (including phenoxy) is 1. The molecule has 1 unspecified atom stereocenters. The van der Waals surface area contributed by atoms with Crippen LogP contribution in [0.2, 0.25) is 0 Å². The van der Waals surface area contributed by atoms with Crippen molar-refractivity contribution in [3.63, 3.8) is 0 Å². The van der Waals surface area contributed by atoms with Crippen LogP contribution in [0.5, 0.6) is 0 Å². The molecule has 0 aliphatic heterocycles. The lowest BCUT2D eigenvalue weighted by molar-refractivity contribution is 0.188. The second kappa shape index (κ2) is 8.22. The predicted molar refractivity (Wildman–Crippen MR) is 73.3 cm³/mol. The second-order valence-corrected chi connectivity index (χ2v) is 4.67. The average Bonchev–Trinajstić information content (AvgIpc) is 2.37. The normalized spacial score (nSPS) is 12.7. The van der Waals surface area contributed by atoms with Gasteiger partial charge < -0.3 is 10.1 Å². The van der Waals surface area contributed by atoms with Gasteiger partial charge in [0.2, 0.25) is 0 Å². The van der Waals surface area contributed by atoms with Gasteiger partial charge in [-0.05, 0) is 38.8 Å². The summed E-state index contributed by atoms with van der Waals surface area (Å²) in [4.78, 5) is 0. The number of nitrogens with one attached hydrogen (secondary N) is 1. The van der Waals surface area contributed by atoms with Crippen LogP contribution >= 0.6 is 0 Å². The molecule has 18 heavy (non-hydrogen) atoms. The van der Waals surface area contributed by atoms with Crippen molar-refractivity contribution in [2.75, 3.05) is 20.3 Å². The number of methoxy groups -OCH3 is 1. The molecule has 0 amide bonds. The Morgan fingerprint density at radius 1 is 1.39 bits per heavy atom. The average molecular weight is 253 g/mol. The van der Waals surface area contributed by atoms with E-state index in [1.165, 1.54) is 0 Å². The Morgan fingerprint density at radius 3 is 2.83 bits per heavy atom. The van der Waals surface area contributed by atoms with Crippen LogP contribution < -0.4 is 5.32 Å². The molecule has 2 nitrogen and oxygen atoms in total. The number of benzene rings is 1. The van der Waals surface area contributed by atoms with Crippen molar-refractivity contribution in [2.24, 2.45) is 0 Å². The van der Waals surface area contributed by atoms with Crippen molar-refractivity contribution < 1.29 is 9.13 Å². The summed E-state index contributed by atoms with van der Waals surface area (Å²) in [5, 5.41) is 3.42. The third kappa shape index (κ3) is 4.75. The van der Waals surface area contributed by atoms with Gasteiger partial charge in [-0.15, -0.1) is 0 Å². The van der Waals surface area contributed by atoms with E-state index < -0.39 is 0 Å². The van der Waals surface area contributed by atoms with E-state index in [1.54, 1.807) is 13.2 Å². The zero-order chi connectivity index (χ0) is 13.4. The van der Waals surface area contributed by atoms with Crippen LogP contribution in [0.3, 0.4) is 0 Å². The largest absolute Gasteiger partial charge is 0.385 e. The molecular formula is C15H24FNO.